The van der Waals surface area contributed by atoms with Gasteiger partial charge in [0.1, 0.15) is 11.3 Å². The number of halogens is 6. The molecule has 0 heterocycles. The Morgan fingerprint density at radius 1 is 0.649 bits per heavy atom. The Hall–Kier alpha value is -1.40. The van der Waals surface area contributed by atoms with E-state index < -0.39 is 35.1 Å². The Morgan fingerprint density at radius 2 is 1.08 bits per heavy atom. The highest BCUT2D eigenvalue weighted by molar-refractivity contribution is 5.50. The second-order valence-electron chi connectivity index (χ2n) is 12.0. The van der Waals surface area contributed by atoms with Crippen LogP contribution in [0.4, 0.5) is 26.3 Å². The number of benzene rings is 1. The number of hydrogen-bond donors (Lipinski definition) is 0. The fraction of sp³-hybridized carbons (Fsp3) is 0.800. The molecule has 0 atom stereocenters. The average molecular weight is 533 g/mol. The first kappa shape index (κ1) is 28.6. The van der Waals surface area contributed by atoms with E-state index in [1.165, 1.54) is 70.3 Å². The summed E-state index contributed by atoms with van der Waals surface area (Å²) >= 11 is 0. The van der Waals surface area contributed by atoms with Crippen LogP contribution in [0.2, 0.25) is 0 Å². The summed E-state index contributed by atoms with van der Waals surface area (Å²) < 4.78 is 87.8. The molecule has 0 saturated heterocycles. The summed E-state index contributed by atoms with van der Waals surface area (Å²) in [5, 5.41) is 0. The highest BCUT2D eigenvalue weighted by atomic mass is 19.4. The lowest BCUT2D eigenvalue weighted by Crippen LogP contribution is -2.30. The molecule has 7 heteroatoms. The van der Waals surface area contributed by atoms with E-state index in [2.05, 4.69) is 6.92 Å². The molecule has 0 radical (unpaired) electrons. The molecule has 0 aliphatic heterocycles. The molecule has 1 aromatic rings. The van der Waals surface area contributed by atoms with Crippen molar-refractivity contribution < 1.29 is 31.1 Å². The van der Waals surface area contributed by atoms with Crippen LogP contribution in [0.3, 0.4) is 0 Å². The van der Waals surface area contributed by atoms with Crippen molar-refractivity contribution in [2.24, 2.45) is 29.6 Å². The van der Waals surface area contributed by atoms with Gasteiger partial charge in [-0.2, -0.15) is 26.3 Å². The van der Waals surface area contributed by atoms with Gasteiger partial charge in [0.05, 0.1) is 12.7 Å². The number of alkyl halides is 6. The van der Waals surface area contributed by atoms with Crippen molar-refractivity contribution in [1.29, 1.82) is 0 Å². The lowest BCUT2D eigenvalue weighted by Gasteiger charge is -2.41. The van der Waals surface area contributed by atoms with Crippen LogP contribution in [0.25, 0.3) is 0 Å². The second-order valence-corrected chi connectivity index (χ2v) is 12.0. The van der Waals surface area contributed by atoms with Gasteiger partial charge in [-0.25, -0.2) is 0 Å². The van der Waals surface area contributed by atoms with Gasteiger partial charge < -0.3 is 4.74 Å². The van der Waals surface area contributed by atoms with Gasteiger partial charge in [0.2, 0.25) is 0 Å². The van der Waals surface area contributed by atoms with Crippen molar-refractivity contribution in [2.75, 3.05) is 7.11 Å². The first-order valence-corrected chi connectivity index (χ1v) is 14.4. The predicted molar refractivity (Wildman–Crippen MR) is 134 cm³/mol. The highest BCUT2D eigenvalue weighted by Crippen LogP contribution is 2.52. The Balaban J connectivity index is 1.36. The highest BCUT2D eigenvalue weighted by Gasteiger charge is 2.48. The SMILES string of the molecule is CCCC1CCC(C2CCC(C3CCC(c4ccc(OC)c(C(F)(F)F)c4C(F)(F)F)CC3)CC2)CC1. The molecule has 4 rings (SSSR count). The van der Waals surface area contributed by atoms with Crippen LogP contribution in [0.1, 0.15) is 119 Å². The lowest BCUT2D eigenvalue weighted by molar-refractivity contribution is -0.163. The van der Waals surface area contributed by atoms with Crippen LogP contribution in [-0.2, 0) is 12.4 Å². The summed E-state index contributed by atoms with van der Waals surface area (Å²) in [5.74, 6) is 2.42. The summed E-state index contributed by atoms with van der Waals surface area (Å²) in [5.41, 5.74) is -3.47. The zero-order chi connectivity index (χ0) is 26.8. The molecule has 0 unspecified atom stereocenters. The molecule has 0 bridgehead atoms. The van der Waals surface area contributed by atoms with Crippen LogP contribution in [0.15, 0.2) is 12.1 Å². The monoisotopic (exact) mass is 532 g/mol. The fourth-order valence-electron chi connectivity index (χ4n) is 8.04. The van der Waals surface area contributed by atoms with Crippen LogP contribution in [0.5, 0.6) is 5.75 Å². The third-order valence-corrected chi connectivity index (χ3v) is 9.94. The Morgan fingerprint density at radius 3 is 1.49 bits per heavy atom. The van der Waals surface area contributed by atoms with Gasteiger partial charge in [-0.15, -0.1) is 0 Å². The summed E-state index contributed by atoms with van der Waals surface area (Å²) in [6.07, 6.45) is 5.44. The Bertz CT molecular complexity index is 867. The minimum atomic E-state index is -5.14. The molecule has 210 valence electrons. The smallest absolute Gasteiger partial charge is 0.420 e. The van der Waals surface area contributed by atoms with E-state index in [0.29, 0.717) is 24.7 Å². The third kappa shape index (κ3) is 6.61. The molecule has 0 amide bonds. The molecule has 3 fully saturated rings. The zero-order valence-corrected chi connectivity index (χ0v) is 22.2. The molecule has 0 aromatic heterocycles. The van der Waals surface area contributed by atoms with Gasteiger partial charge in [-0.05, 0) is 111 Å². The molecule has 1 nitrogen and oxygen atoms in total. The van der Waals surface area contributed by atoms with Gasteiger partial charge in [0, 0.05) is 0 Å². The molecule has 0 N–H and O–H groups in total. The van der Waals surface area contributed by atoms with Crippen molar-refractivity contribution >= 4 is 0 Å². The van der Waals surface area contributed by atoms with Gasteiger partial charge in [0.15, 0.2) is 0 Å². The van der Waals surface area contributed by atoms with Gasteiger partial charge in [0.25, 0.3) is 0 Å². The largest absolute Gasteiger partial charge is 0.496 e. The van der Waals surface area contributed by atoms with E-state index in [9.17, 15) is 26.3 Å². The van der Waals surface area contributed by atoms with Crippen molar-refractivity contribution in [3.63, 3.8) is 0 Å². The van der Waals surface area contributed by atoms with Crippen LogP contribution >= 0.6 is 0 Å². The van der Waals surface area contributed by atoms with Gasteiger partial charge in [-0.1, -0.05) is 38.7 Å². The number of rotatable bonds is 6. The Kier molecular flexibility index (Phi) is 9.10. The van der Waals surface area contributed by atoms with Crippen LogP contribution in [0, 0.1) is 29.6 Å². The topological polar surface area (TPSA) is 9.23 Å². The fourth-order valence-corrected chi connectivity index (χ4v) is 8.04. The minimum absolute atomic E-state index is 0.221. The van der Waals surface area contributed by atoms with Crippen molar-refractivity contribution in [2.45, 2.75) is 115 Å². The third-order valence-electron chi connectivity index (χ3n) is 9.94. The average Bonchev–Trinajstić information content (AvgIpc) is 2.88. The standard InChI is InChI=1S/C30H42F6O/c1-3-4-19-5-7-20(8-6-19)21-9-11-22(12-10-21)23-13-15-24(16-14-23)25-17-18-26(37-2)28(30(34,35)36)27(25)29(31,32)33/h17-24H,3-16H2,1-2H3. The molecule has 3 aliphatic rings. The zero-order valence-electron chi connectivity index (χ0n) is 22.2. The normalized spacial score (nSPS) is 31.8. The first-order chi connectivity index (χ1) is 17.5. The van der Waals surface area contributed by atoms with Crippen molar-refractivity contribution in [3.05, 3.63) is 28.8 Å². The predicted octanol–water partition coefficient (Wildman–Crippen LogP) is 10.4. The summed E-state index contributed by atoms with van der Waals surface area (Å²) in [6.45, 7) is 2.27. The van der Waals surface area contributed by atoms with Crippen molar-refractivity contribution in [1.82, 2.24) is 0 Å². The lowest BCUT2D eigenvalue weighted by atomic mass is 9.64. The van der Waals surface area contributed by atoms with E-state index in [1.54, 1.807) is 0 Å². The van der Waals surface area contributed by atoms with E-state index >= 15 is 0 Å². The first-order valence-electron chi connectivity index (χ1n) is 14.4. The molecule has 0 spiro atoms. The van der Waals surface area contributed by atoms with Gasteiger partial charge >= 0.3 is 12.4 Å². The van der Waals surface area contributed by atoms with Crippen LogP contribution in [-0.4, -0.2) is 7.11 Å². The summed E-state index contributed by atoms with van der Waals surface area (Å²) in [4.78, 5) is 0. The number of ether oxygens (including phenoxy) is 1. The quantitative estimate of drug-likeness (QED) is 0.331. The van der Waals surface area contributed by atoms with E-state index in [0.717, 1.165) is 43.8 Å². The molecule has 37 heavy (non-hydrogen) atoms. The van der Waals surface area contributed by atoms with Crippen LogP contribution < -0.4 is 4.74 Å². The maximum atomic E-state index is 14.0. The second kappa shape index (κ2) is 11.8. The summed E-state index contributed by atoms with van der Waals surface area (Å²) in [7, 11) is 0.974. The van der Waals surface area contributed by atoms with Gasteiger partial charge in [-0.3, -0.25) is 0 Å². The number of methoxy groups -OCH3 is 1. The molecule has 1 aromatic carbocycles. The summed E-state index contributed by atoms with van der Waals surface area (Å²) in [6, 6.07) is 2.26. The maximum Gasteiger partial charge on any atom is 0.420 e. The minimum Gasteiger partial charge on any atom is -0.496 e. The number of hydrogen-bond acceptors (Lipinski definition) is 1. The van der Waals surface area contributed by atoms with E-state index in [1.807, 2.05) is 0 Å². The molecular weight excluding hydrogens is 490 g/mol. The van der Waals surface area contributed by atoms with E-state index in [4.69, 9.17) is 4.74 Å². The Labute approximate surface area is 217 Å². The van der Waals surface area contributed by atoms with Crippen molar-refractivity contribution in [3.8, 4) is 5.75 Å². The molecule has 3 saturated carbocycles. The van der Waals surface area contributed by atoms with E-state index in [-0.39, 0.29) is 5.56 Å². The molecule has 3 aliphatic carbocycles. The maximum absolute atomic E-state index is 14.0. The molecular formula is C30H42F6O.